The van der Waals surface area contributed by atoms with Gasteiger partial charge in [-0.1, -0.05) is 54.6 Å². The number of hydrogen-bond donors (Lipinski definition) is 1. The average Bonchev–Trinajstić information content (AvgIpc) is 2.70. The number of amides is 1. The van der Waals surface area contributed by atoms with Gasteiger partial charge in [-0.2, -0.15) is 5.10 Å². The Labute approximate surface area is 152 Å². The lowest BCUT2D eigenvalue weighted by Crippen LogP contribution is -2.25. The van der Waals surface area contributed by atoms with Gasteiger partial charge < -0.3 is 9.47 Å². The van der Waals surface area contributed by atoms with Crippen LogP contribution in [0.2, 0.25) is 0 Å². The molecule has 0 saturated carbocycles. The Bertz CT molecular complexity index is 945. The second-order valence-corrected chi connectivity index (χ2v) is 5.70. The maximum atomic E-state index is 12.0. The topological polar surface area (TPSA) is 59.9 Å². The van der Waals surface area contributed by atoms with Crippen molar-refractivity contribution < 1.29 is 14.3 Å². The molecule has 0 saturated heterocycles. The fourth-order valence-corrected chi connectivity index (χ4v) is 2.66. The highest BCUT2D eigenvalue weighted by molar-refractivity contribution is 6.09. The van der Waals surface area contributed by atoms with E-state index < -0.39 is 0 Å². The molecule has 0 heterocycles. The smallest absolute Gasteiger partial charge is 0.277 e. The summed E-state index contributed by atoms with van der Waals surface area (Å²) < 4.78 is 10.7. The Kier molecular flexibility index (Phi) is 5.49. The molecule has 0 aliphatic heterocycles. The van der Waals surface area contributed by atoms with Crippen molar-refractivity contribution in [2.75, 3.05) is 13.7 Å². The average molecular weight is 348 g/mol. The number of methoxy groups -OCH3 is 1. The summed E-state index contributed by atoms with van der Waals surface area (Å²) >= 11 is 0. The van der Waals surface area contributed by atoms with Gasteiger partial charge >= 0.3 is 0 Å². The summed E-state index contributed by atoms with van der Waals surface area (Å²) in [6.45, 7) is 1.72. The highest BCUT2D eigenvalue weighted by Gasteiger charge is 2.07. The molecule has 1 N–H and O–H groups in total. The number of nitrogens with zero attached hydrogens (tertiary/aromatic N) is 1. The van der Waals surface area contributed by atoms with Crippen LogP contribution in [0, 0.1) is 0 Å². The molecule has 1 amide bonds. The molecule has 0 spiro atoms. The summed E-state index contributed by atoms with van der Waals surface area (Å²) in [5.74, 6) is 0.756. The fourth-order valence-electron chi connectivity index (χ4n) is 2.66. The first-order valence-electron chi connectivity index (χ1n) is 8.26. The third-order valence-corrected chi connectivity index (χ3v) is 3.96. The Morgan fingerprint density at radius 1 is 0.962 bits per heavy atom. The zero-order valence-electron chi connectivity index (χ0n) is 14.7. The normalized spacial score (nSPS) is 11.2. The largest absolute Gasteiger partial charge is 0.493 e. The Morgan fingerprint density at radius 2 is 1.65 bits per heavy atom. The molecule has 3 rings (SSSR count). The van der Waals surface area contributed by atoms with E-state index in [1.54, 1.807) is 19.2 Å². The lowest BCUT2D eigenvalue weighted by molar-refractivity contribution is -0.123. The van der Waals surface area contributed by atoms with Gasteiger partial charge in [0.1, 0.15) is 0 Å². The van der Waals surface area contributed by atoms with Crippen molar-refractivity contribution in [1.29, 1.82) is 0 Å². The molecule has 0 aromatic heterocycles. The number of hydrogen-bond acceptors (Lipinski definition) is 4. The molecule has 5 heteroatoms. The van der Waals surface area contributed by atoms with Crippen molar-refractivity contribution >= 4 is 22.4 Å². The van der Waals surface area contributed by atoms with Crippen molar-refractivity contribution in [2.24, 2.45) is 5.10 Å². The quantitative estimate of drug-likeness (QED) is 0.545. The van der Waals surface area contributed by atoms with Crippen LogP contribution >= 0.6 is 0 Å². The fraction of sp³-hybridized carbons (Fsp3) is 0.143. The number of carbonyl (C=O) groups is 1. The van der Waals surface area contributed by atoms with E-state index >= 15 is 0 Å². The monoisotopic (exact) mass is 348 g/mol. The molecular formula is C21H20N2O3. The van der Waals surface area contributed by atoms with Gasteiger partial charge in [0.25, 0.3) is 5.91 Å². The van der Waals surface area contributed by atoms with E-state index in [2.05, 4.69) is 10.5 Å². The van der Waals surface area contributed by atoms with E-state index in [-0.39, 0.29) is 12.5 Å². The van der Waals surface area contributed by atoms with Gasteiger partial charge in [-0.15, -0.1) is 0 Å². The second kappa shape index (κ2) is 8.16. The van der Waals surface area contributed by atoms with Crippen LogP contribution in [0.25, 0.3) is 10.8 Å². The molecular weight excluding hydrogens is 328 g/mol. The second-order valence-electron chi connectivity index (χ2n) is 5.70. The standard InChI is InChI=1S/C21H20N2O3/c1-15(17-11-7-9-16-8-3-4-10-18(16)17)22-23-21(24)14-26-20-13-6-5-12-19(20)25-2/h3-13H,14H2,1-2H3,(H,23,24)/b22-15-. The van der Waals surface area contributed by atoms with Crippen molar-refractivity contribution in [3.8, 4) is 11.5 Å². The predicted octanol–water partition coefficient (Wildman–Crippen LogP) is 3.77. The van der Waals surface area contributed by atoms with Gasteiger partial charge in [0.15, 0.2) is 18.1 Å². The number of rotatable bonds is 6. The first-order chi connectivity index (χ1) is 12.7. The number of carbonyl (C=O) groups excluding carboxylic acids is 1. The summed E-state index contributed by atoms with van der Waals surface area (Å²) in [4.78, 5) is 12.0. The van der Waals surface area contributed by atoms with Crippen LogP contribution in [0.5, 0.6) is 11.5 Å². The van der Waals surface area contributed by atoms with Gasteiger partial charge in [-0.25, -0.2) is 5.43 Å². The molecule has 0 radical (unpaired) electrons. The van der Waals surface area contributed by atoms with E-state index in [1.807, 2.05) is 61.5 Å². The SMILES string of the molecule is COc1ccccc1OCC(=O)N/N=C(/C)c1cccc2ccccc12. The van der Waals surface area contributed by atoms with Crippen molar-refractivity contribution in [2.45, 2.75) is 6.92 Å². The lowest BCUT2D eigenvalue weighted by atomic mass is 10.0. The zero-order valence-corrected chi connectivity index (χ0v) is 14.7. The number of fused-ring (bicyclic) bond motifs is 1. The molecule has 132 valence electrons. The molecule has 0 aliphatic carbocycles. The van der Waals surface area contributed by atoms with E-state index in [0.29, 0.717) is 11.5 Å². The summed E-state index contributed by atoms with van der Waals surface area (Å²) in [5.41, 5.74) is 4.25. The van der Waals surface area contributed by atoms with Crippen molar-refractivity contribution in [1.82, 2.24) is 5.43 Å². The number of nitrogens with one attached hydrogen (secondary N) is 1. The first-order valence-corrected chi connectivity index (χ1v) is 8.26. The maximum Gasteiger partial charge on any atom is 0.277 e. The van der Waals surface area contributed by atoms with Crippen LogP contribution in [-0.2, 0) is 4.79 Å². The highest BCUT2D eigenvalue weighted by Crippen LogP contribution is 2.25. The molecule has 0 atom stereocenters. The van der Waals surface area contributed by atoms with E-state index in [1.165, 1.54) is 0 Å². The van der Waals surface area contributed by atoms with Gasteiger partial charge in [0, 0.05) is 5.56 Å². The van der Waals surface area contributed by atoms with Crippen LogP contribution in [0.1, 0.15) is 12.5 Å². The lowest BCUT2D eigenvalue weighted by Gasteiger charge is -2.10. The Balaban J connectivity index is 1.66. The van der Waals surface area contributed by atoms with Crippen molar-refractivity contribution in [3.63, 3.8) is 0 Å². The summed E-state index contributed by atoms with van der Waals surface area (Å²) in [5, 5.41) is 6.43. The minimum atomic E-state index is -0.338. The Morgan fingerprint density at radius 3 is 2.46 bits per heavy atom. The van der Waals surface area contributed by atoms with Crippen LogP contribution in [0.15, 0.2) is 71.8 Å². The summed E-state index contributed by atoms with van der Waals surface area (Å²) in [6.07, 6.45) is 0. The minimum absolute atomic E-state index is 0.146. The third kappa shape index (κ3) is 4.00. The van der Waals surface area contributed by atoms with Gasteiger partial charge in [-0.05, 0) is 29.8 Å². The van der Waals surface area contributed by atoms with Crippen molar-refractivity contribution in [3.05, 3.63) is 72.3 Å². The number of ether oxygens (including phenoxy) is 2. The molecule has 26 heavy (non-hydrogen) atoms. The van der Waals surface area contributed by atoms with Gasteiger partial charge in [0.05, 0.1) is 12.8 Å². The van der Waals surface area contributed by atoms with Crippen LogP contribution in [0.4, 0.5) is 0 Å². The number of para-hydroxylation sites is 2. The molecule has 0 bridgehead atoms. The molecule has 0 aliphatic rings. The van der Waals surface area contributed by atoms with Crippen LogP contribution in [0.3, 0.4) is 0 Å². The van der Waals surface area contributed by atoms with E-state index in [0.717, 1.165) is 22.0 Å². The summed E-state index contributed by atoms with van der Waals surface area (Å²) in [7, 11) is 1.56. The van der Waals surface area contributed by atoms with Crippen LogP contribution in [-0.4, -0.2) is 25.3 Å². The zero-order chi connectivity index (χ0) is 18.4. The minimum Gasteiger partial charge on any atom is -0.493 e. The highest BCUT2D eigenvalue weighted by atomic mass is 16.5. The van der Waals surface area contributed by atoms with E-state index in [4.69, 9.17) is 9.47 Å². The molecule has 0 fully saturated rings. The number of benzene rings is 3. The van der Waals surface area contributed by atoms with Gasteiger partial charge in [-0.3, -0.25) is 4.79 Å². The molecule has 0 unspecified atom stereocenters. The van der Waals surface area contributed by atoms with Gasteiger partial charge in [0.2, 0.25) is 0 Å². The first kappa shape index (κ1) is 17.5. The maximum absolute atomic E-state index is 12.0. The third-order valence-electron chi connectivity index (χ3n) is 3.96. The van der Waals surface area contributed by atoms with E-state index in [9.17, 15) is 4.79 Å². The predicted molar refractivity (Wildman–Crippen MR) is 103 cm³/mol. The molecule has 3 aromatic rings. The molecule has 5 nitrogen and oxygen atoms in total. The van der Waals surface area contributed by atoms with Crippen LogP contribution < -0.4 is 14.9 Å². The summed E-state index contributed by atoms with van der Waals surface area (Å²) in [6, 6.07) is 21.2. The molecule has 3 aromatic carbocycles. The Hall–Kier alpha value is -3.34. The number of hydrazone groups is 1.